The number of hydrogen-bond acceptors (Lipinski definition) is 3. The van der Waals surface area contributed by atoms with Crippen molar-refractivity contribution in [3.05, 3.63) is 0 Å². The van der Waals surface area contributed by atoms with Gasteiger partial charge in [0.2, 0.25) is 0 Å². The molecule has 0 aromatic heterocycles. The molecule has 0 amide bonds. The highest BCUT2D eigenvalue weighted by atomic mass is 28.4. The van der Waals surface area contributed by atoms with E-state index in [1.54, 1.807) is 14.2 Å². The summed E-state index contributed by atoms with van der Waals surface area (Å²) >= 11 is 0. The van der Waals surface area contributed by atoms with Gasteiger partial charge in [0.15, 0.2) is 0 Å². The molecule has 0 spiro atoms. The second kappa shape index (κ2) is 12.1. The molecule has 0 bridgehead atoms. The molecule has 0 saturated heterocycles. The van der Waals surface area contributed by atoms with E-state index in [4.69, 9.17) is 13.3 Å². The normalized spacial score (nSPS) is 12.0. The largest absolute Gasteiger partial charge is 0.500 e. The monoisotopic (exact) mass is 280 g/mol. The Hall–Kier alpha value is 0.0269. The first-order valence-corrected chi connectivity index (χ1v) is 8.98. The number of alkyl halides is 1. The van der Waals surface area contributed by atoms with Crippen LogP contribution in [0.5, 0.6) is 0 Å². The van der Waals surface area contributed by atoms with E-state index >= 15 is 0 Å². The highest BCUT2D eigenvalue weighted by Crippen LogP contribution is 2.16. The second-order valence-corrected chi connectivity index (χ2v) is 7.47. The molecule has 0 atom stereocenters. The summed E-state index contributed by atoms with van der Waals surface area (Å²) < 4.78 is 28.6. The third-order valence-corrected chi connectivity index (χ3v) is 6.03. The lowest BCUT2D eigenvalue weighted by molar-refractivity contribution is 0.0961. The van der Waals surface area contributed by atoms with E-state index in [2.05, 4.69) is 6.92 Å². The smallest absolute Gasteiger partial charge is 0.377 e. The Morgan fingerprint density at radius 1 is 0.889 bits per heavy atom. The van der Waals surface area contributed by atoms with Crippen molar-refractivity contribution >= 4 is 8.80 Å². The van der Waals surface area contributed by atoms with E-state index in [1.807, 2.05) is 0 Å². The first-order chi connectivity index (χ1) is 8.74. The van der Waals surface area contributed by atoms with E-state index < -0.39 is 8.80 Å². The van der Waals surface area contributed by atoms with Crippen LogP contribution in [0.1, 0.15) is 51.9 Å². The van der Waals surface area contributed by atoms with Gasteiger partial charge < -0.3 is 13.3 Å². The predicted molar refractivity (Wildman–Crippen MR) is 74.5 cm³/mol. The summed E-state index contributed by atoms with van der Waals surface area (Å²) in [4.78, 5) is 0. The standard InChI is InChI=1S/C13H29FO3Si/c1-4-13-18(15-2,16-3)17-12-10-8-6-5-7-9-11-14/h4-13H2,1-3H3. The highest BCUT2D eigenvalue weighted by molar-refractivity contribution is 6.60. The fraction of sp³-hybridized carbons (Fsp3) is 1.00. The molecular formula is C13H29FO3Si. The van der Waals surface area contributed by atoms with E-state index in [0.29, 0.717) is 13.0 Å². The van der Waals surface area contributed by atoms with Crippen LogP contribution in [0.25, 0.3) is 0 Å². The van der Waals surface area contributed by atoms with Crippen LogP contribution in [0.4, 0.5) is 4.39 Å². The number of hydrogen-bond donors (Lipinski definition) is 0. The van der Waals surface area contributed by atoms with Gasteiger partial charge in [-0.1, -0.05) is 39.0 Å². The molecule has 110 valence electrons. The molecule has 0 aliphatic carbocycles. The summed E-state index contributed by atoms with van der Waals surface area (Å²) in [7, 11) is 0.964. The first-order valence-electron chi connectivity index (χ1n) is 7.05. The maximum absolute atomic E-state index is 11.9. The molecule has 0 saturated carbocycles. The Morgan fingerprint density at radius 3 is 1.94 bits per heavy atom. The third kappa shape index (κ3) is 8.19. The molecule has 0 unspecified atom stereocenters. The summed E-state index contributed by atoms with van der Waals surface area (Å²) in [6, 6.07) is 0.872. The zero-order valence-electron chi connectivity index (χ0n) is 12.2. The molecule has 0 heterocycles. The van der Waals surface area contributed by atoms with Crippen LogP contribution < -0.4 is 0 Å². The third-order valence-electron chi connectivity index (χ3n) is 3.03. The molecule has 0 rings (SSSR count). The molecule has 0 aromatic carbocycles. The van der Waals surface area contributed by atoms with E-state index in [1.165, 1.54) is 0 Å². The molecular weight excluding hydrogens is 251 g/mol. The summed E-state index contributed by atoms with van der Waals surface area (Å²) in [5.74, 6) is 0. The second-order valence-electron chi connectivity index (χ2n) is 4.50. The molecule has 3 nitrogen and oxygen atoms in total. The minimum absolute atomic E-state index is 0.185. The Balaban J connectivity index is 3.55. The van der Waals surface area contributed by atoms with Crippen molar-refractivity contribution in [3.8, 4) is 0 Å². The van der Waals surface area contributed by atoms with Crippen LogP contribution in [-0.4, -0.2) is 36.3 Å². The summed E-state index contributed by atoms with van der Waals surface area (Å²) in [5, 5.41) is 0. The van der Waals surface area contributed by atoms with Gasteiger partial charge in [-0.3, -0.25) is 4.39 Å². The van der Waals surface area contributed by atoms with Gasteiger partial charge in [-0.25, -0.2) is 0 Å². The fourth-order valence-corrected chi connectivity index (χ4v) is 3.94. The molecule has 0 aliphatic rings. The number of rotatable bonds is 13. The van der Waals surface area contributed by atoms with Crippen molar-refractivity contribution < 1.29 is 17.7 Å². The number of unbranched alkanes of at least 4 members (excludes halogenated alkanes) is 5. The minimum atomic E-state index is -2.37. The van der Waals surface area contributed by atoms with Crippen LogP contribution in [-0.2, 0) is 13.3 Å². The molecule has 0 fully saturated rings. The Morgan fingerprint density at radius 2 is 1.44 bits per heavy atom. The van der Waals surface area contributed by atoms with Crippen molar-refractivity contribution in [1.82, 2.24) is 0 Å². The van der Waals surface area contributed by atoms with Crippen molar-refractivity contribution in [1.29, 1.82) is 0 Å². The molecule has 0 aliphatic heterocycles. The van der Waals surface area contributed by atoms with Crippen LogP contribution >= 0.6 is 0 Å². The van der Waals surface area contributed by atoms with Gasteiger partial charge in [-0.15, -0.1) is 0 Å². The lowest BCUT2D eigenvalue weighted by Crippen LogP contribution is -2.43. The van der Waals surface area contributed by atoms with Crippen LogP contribution in [0.15, 0.2) is 0 Å². The molecule has 18 heavy (non-hydrogen) atoms. The van der Waals surface area contributed by atoms with Crippen LogP contribution in [0.2, 0.25) is 6.04 Å². The molecule has 0 aromatic rings. The Kier molecular flexibility index (Phi) is 12.1. The van der Waals surface area contributed by atoms with Crippen LogP contribution in [0.3, 0.4) is 0 Å². The van der Waals surface area contributed by atoms with Gasteiger partial charge in [0.1, 0.15) is 0 Å². The molecule has 0 N–H and O–H groups in total. The highest BCUT2D eigenvalue weighted by Gasteiger charge is 2.37. The van der Waals surface area contributed by atoms with Gasteiger partial charge in [-0.2, -0.15) is 0 Å². The van der Waals surface area contributed by atoms with Gasteiger partial charge >= 0.3 is 8.80 Å². The van der Waals surface area contributed by atoms with E-state index in [0.717, 1.165) is 44.6 Å². The van der Waals surface area contributed by atoms with E-state index in [9.17, 15) is 4.39 Å². The van der Waals surface area contributed by atoms with Crippen molar-refractivity contribution in [2.45, 2.75) is 57.9 Å². The SMILES string of the molecule is CCC[Si](OC)(OC)OCCCCCCCCF. The Labute approximate surface area is 112 Å². The predicted octanol–water partition coefficient (Wildman–Crippen LogP) is 3.95. The fourth-order valence-electron chi connectivity index (χ4n) is 1.91. The van der Waals surface area contributed by atoms with Gasteiger partial charge in [0, 0.05) is 26.9 Å². The summed E-state index contributed by atoms with van der Waals surface area (Å²) in [6.45, 7) is 2.63. The molecule has 5 heteroatoms. The minimum Gasteiger partial charge on any atom is -0.377 e. The van der Waals surface area contributed by atoms with Crippen LogP contribution in [0, 0.1) is 0 Å². The summed E-state index contributed by atoms with van der Waals surface area (Å²) in [5.41, 5.74) is 0. The van der Waals surface area contributed by atoms with Gasteiger partial charge in [0.25, 0.3) is 0 Å². The topological polar surface area (TPSA) is 27.7 Å². The molecule has 0 radical (unpaired) electrons. The average molecular weight is 280 g/mol. The Bertz CT molecular complexity index is 178. The first kappa shape index (κ1) is 18.0. The zero-order chi connectivity index (χ0) is 13.7. The maximum atomic E-state index is 11.9. The van der Waals surface area contributed by atoms with Crippen molar-refractivity contribution in [2.24, 2.45) is 0 Å². The van der Waals surface area contributed by atoms with Gasteiger partial charge in [-0.05, 0) is 12.8 Å². The average Bonchev–Trinajstić information content (AvgIpc) is 2.40. The maximum Gasteiger partial charge on any atom is 0.500 e. The van der Waals surface area contributed by atoms with Crippen molar-refractivity contribution in [2.75, 3.05) is 27.5 Å². The quantitative estimate of drug-likeness (QED) is 0.377. The van der Waals surface area contributed by atoms with E-state index in [-0.39, 0.29) is 6.67 Å². The lowest BCUT2D eigenvalue weighted by Gasteiger charge is -2.25. The van der Waals surface area contributed by atoms with Gasteiger partial charge in [0.05, 0.1) is 6.67 Å². The lowest BCUT2D eigenvalue weighted by atomic mass is 10.1. The zero-order valence-corrected chi connectivity index (χ0v) is 13.2. The van der Waals surface area contributed by atoms with Crippen molar-refractivity contribution in [3.63, 3.8) is 0 Å². The summed E-state index contributed by atoms with van der Waals surface area (Å²) in [6.07, 6.45) is 7.16. The number of halogens is 1.